The van der Waals surface area contributed by atoms with Gasteiger partial charge in [-0.15, -0.1) is 0 Å². The Kier molecular flexibility index (Phi) is 5.65. The molecule has 1 aromatic carbocycles. The van der Waals surface area contributed by atoms with E-state index < -0.39 is 0 Å². The maximum absolute atomic E-state index is 5.37. The van der Waals surface area contributed by atoms with E-state index in [4.69, 9.17) is 4.42 Å². The number of nitrogens with one attached hydrogen (secondary N) is 1. The lowest BCUT2D eigenvalue weighted by atomic mass is 10.2. The Bertz CT molecular complexity index is 332. The topological polar surface area (TPSA) is 25.2 Å². The highest BCUT2D eigenvalue weighted by Crippen LogP contribution is 2.17. The van der Waals surface area contributed by atoms with Crippen molar-refractivity contribution in [2.75, 3.05) is 14.1 Å². The van der Waals surface area contributed by atoms with Crippen LogP contribution >= 0.6 is 0 Å². The quantitative estimate of drug-likeness (QED) is 0.695. The van der Waals surface area contributed by atoms with E-state index in [1.807, 2.05) is 51.4 Å². The highest BCUT2D eigenvalue weighted by atomic mass is 16.3. The van der Waals surface area contributed by atoms with Gasteiger partial charge in [-0.1, -0.05) is 25.6 Å². The van der Waals surface area contributed by atoms with Gasteiger partial charge in [0, 0.05) is 5.39 Å². The second-order valence-corrected chi connectivity index (χ2v) is 2.89. The molecule has 78 valence electrons. The molecular weight excluding hydrogens is 174 g/mol. The van der Waals surface area contributed by atoms with Gasteiger partial charge in [0.1, 0.15) is 11.3 Å². The van der Waals surface area contributed by atoms with E-state index in [1.54, 1.807) is 0 Å². The number of fused-ring (bicyclic) bond motifs is 1. The van der Waals surface area contributed by atoms with Crippen LogP contribution < -0.4 is 5.32 Å². The Morgan fingerprint density at radius 1 is 1.14 bits per heavy atom. The van der Waals surface area contributed by atoms with Crippen LogP contribution in [0.1, 0.15) is 13.2 Å². The molecule has 0 fully saturated rings. The van der Waals surface area contributed by atoms with Gasteiger partial charge in [0.15, 0.2) is 0 Å². The smallest absolute Gasteiger partial charge is 0.134 e. The summed E-state index contributed by atoms with van der Waals surface area (Å²) in [5, 5.41) is 3.93. The largest absolute Gasteiger partial charge is 0.461 e. The maximum Gasteiger partial charge on any atom is 0.134 e. The number of rotatable bonds is 0. The van der Waals surface area contributed by atoms with Gasteiger partial charge in [0.25, 0.3) is 0 Å². The van der Waals surface area contributed by atoms with Crippen LogP contribution in [0.2, 0.25) is 0 Å². The van der Waals surface area contributed by atoms with E-state index in [-0.39, 0.29) is 7.43 Å². The molecule has 2 rings (SSSR count). The number of hydrogen-bond acceptors (Lipinski definition) is 2. The van der Waals surface area contributed by atoms with Crippen LogP contribution in [0.5, 0.6) is 0 Å². The van der Waals surface area contributed by atoms with Gasteiger partial charge in [-0.3, -0.25) is 0 Å². The minimum absolute atomic E-state index is 0. The van der Waals surface area contributed by atoms with Crippen LogP contribution in [0.15, 0.2) is 34.7 Å². The average Bonchev–Trinajstić information content (AvgIpc) is 2.45. The van der Waals surface area contributed by atoms with Crippen LogP contribution in [0.3, 0.4) is 0 Å². The van der Waals surface area contributed by atoms with Gasteiger partial charge in [-0.05, 0) is 33.2 Å². The number of hydrogen-bond donors (Lipinski definition) is 1. The average molecular weight is 193 g/mol. The van der Waals surface area contributed by atoms with Gasteiger partial charge < -0.3 is 9.73 Å². The van der Waals surface area contributed by atoms with Crippen LogP contribution in [0.25, 0.3) is 11.0 Å². The van der Waals surface area contributed by atoms with Crippen molar-refractivity contribution in [1.29, 1.82) is 0 Å². The predicted molar refractivity (Wildman–Crippen MR) is 62.7 cm³/mol. The summed E-state index contributed by atoms with van der Waals surface area (Å²) < 4.78 is 5.37. The van der Waals surface area contributed by atoms with Gasteiger partial charge in [-0.25, -0.2) is 0 Å². The molecular formula is C12H19NO. The lowest BCUT2D eigenvalue weighted by Gasteiger charge is -1.82. The Hall–Kier alpha value is -1.28. The molecule has 2 nitrogen and oxygen atoms in total. The first-order chi connectivity index (χ1) is 6.27. The van der Waals surface area contributed by atoms with Crippen LogP contribution in [-0.4, -0.2) is 14.1 Å². The molecule has 0 aliphatic carbocycles. The summed E-state index contributed by atoms with van der Waals surface area (Å²) >= 11 is 0. The molecule has 2 aromatic rings. The van der Waals surface area contributed by atoms with E-state index in [0.717, 1.165) is 11.3 Å². The molecule has 0 spiro atoms. The van der Waals surface area contributed by atoms with Crippen LogP contribution in [0.4, 0.5) is 0 Å². The van der Waals surface area contributed by atoms with Crippen molar-refractivity contribution in [1.82, 2.24) is 5.32 Å². The SMILES string of the molecule is C.CNC.Cc1cc2ccccc2o1. The Labute approximate surface area is 85.9 Å². The van der Waals surface area contributed by atoms with Gasteiger partial charge >= 0.3 is 0 Å². The van der Waals surface area contributed by atoms with Crippen molar-refractivity contribution in [3.05, 3.63) is 36.1 Å². The molecule has 0 atom stereocenters. The van der Waals surface area contributed by atoms with Crippen LogP contribution in [-0.2, 0) is 0 Å². The highest BCUT2D eigenvalue weighted by Gasteiger charge is 1.95. The first-order valence-electron chi connectivity index (χ1n) is 4.31. The van der Waals surface area contributed by atoms with Crippen molar-refractivity contribution in [3.8, 4) is 0 Å². The molecule has 2 heteroatoms. The molecule has 14 heavy (non-hydrogen) atoms. The summed E-state index contributed by atoms with van der Waals surface area (Å²) in [6.45, 7) is 1.96. The number of benzene rings is 1. The summed E-state index contributed by atoms with van der Waals surface area (Å²) in [6, 6.07) is 10.0. The molecule has 0 radical (unpaired) electrons. The van der Waals surface area contributed by atoms with Crippen molar-refractivity contribution in [3.63, 3.8) is 0 Å². The van der Waals surface area contributed by atoms with Gasteiger partial charge in [0.2, 0.25) is 0 Å². The molecule has 0 aliphatic heterocycles. The summed E-state index contributed by atoms with van der Waals surface area (Å²) in [5.41, 5.74) is 0.972. The van der Waals surface area contributed by atoms with E-state index >= 15 is 0 Å². The molecule has 0 saturated carbocycles. The molecule has 0 amide bonds. The van der Waals surface area contributed by atoms with E-state index in [2.05, 4.69) is 5.32 Å². The predicted octanol–water partition coefficient (Wildman–Crippen LogP) is 3.21. The molecule has 0 saturated heterocycles. The zero-order valence-corrected chi connectivity index (χ0v) is 8.29. The third-order valence-corrected chi connectivity index (χ3v) is 1.55. The number of furan rings is 1. The minimum atomic E-state index is 0. The normalized spacial score (nSPS) is 8.79. The molecule has 0 bridgehead atoms. The van der Waals surface area contributed by atoms with Crippen molar-refractivity contribution < 1.29 is 4.42 Å². The fourth-order valence-corrected chi connectivity index (χ4v) is 1.11. The zero-order valence-electron chi connectivity index (χ0n) is 8.29. The third-order valence-electron chi connectivity index (χ3n) is 1.55. The lowest BCUT2D eigenvalue weighted by Crippen LogP contribution is -1.89. The fourth-order valence-electron chi connectivity index (χ4n) is 1.11. The fraction of sp³-hybridized carbons (Fsp3) is 0.333. The first-order valence-corrected chi connectivity index (χ1v) is 4.31. The van der Waals surface area contributed by atoms with Crippen LogP contribution in [0, 0.1) is 6.92 Å². The zero-order chi connectivity index (χ0) is 9.68. The highest BCUT2D eigenvalue weighted by molar-refractivity contribution is 5.77. The van der Waals surface area contributed by atoms with Crippen molar-refractivity contribution in [2.24, 2.45) is 0 Å². The molecule has 1 heterocycles. The number of aryl methyl sites for hydroxylation is 1. The summed E-state index contributed by atoms with van der Waals surface area (Å²) in [5.74, 6) is 0.973. The van der Waals surface area contributed by atoms with Gasteiger partial charge in [0.05, 0.1) is 0 Å². The third kappa shape index (κ3) is 3.23. The number of para-hydroxylation sites is 1. The first kappa shape index (κ1) is 12.7. The Morgan fingerprint density at radius 2 is 1.71 bits per heavy atom. The standard InChI is InChI=1S/C9H8O.C2H7N.CH4/c1-7-6-8-4-2-3-5-9(8)10-7;1-3-2;/h2-6H,1H3;3H,1-2H3;1H4. The Balaban J connectivity index is 0.000000381. The molecule has 1 N–H and O–H groups in total. The second kappa shape index (κ2) is 6.22. The summed E-state index contributed by atoms with van der Waals surface area (Å²) in [4.78, 5) is 0. The van der Waals surface area contributed by atoms with Crippen molar-refractivity contribution >= 4 is 11.0 Å². The lowest BCUT2D eigenvalue weighted by molar-refractivity contribution is 0.578. The minimum Gasteiger partial charge on any atom is -0.461 e. The second-order valence-electron chi connectivity index (χ2n) is 2.89. The molecule has 0 unspecified atom stereocenters. The summed E-state index contributed by atoms with van der Waals surface area (Å²) in [6.07, 6.45) is 0. The van der Waals surface area contributed by atoms with E-state index in [1.165, 1.54) is 5.39 Å². The Morgan fingerprint density at radius 3 is 2.29 bits per heavy atom. The molecule has 1 aromatic heterocycles. The van der Waals surface area contributed by atoms with E-state index in [9.17, 15) is 0 Å². The molecule has 0 aliphatic rings. The van der Waals surface area contributed by atoms with Gasteiger partial charge in [-0.2, -0.15) is 0 Å². The van der Waals surface area contributed by atoms with Crippen molar-refractivity contribution in [2.45, 2.75) is 14.4 Å². The maximum atomic E-state index is 5.37. The van der Waals surface area contributed by atoms with E-state index in [0.29, 0.717) is 0 Å². The summed E-state index contributed by atoms with van der Waals surface area (Å²) in [7, 11) is 3.75. The monoisotopic (exact) mass is 193 g/mol.